The average molecular weight is 467 g/mol. The van der Waals surface area contributed by atoms with Crippen LogP contribution in [0.25, 0.3) is 11.0 Å². The van der Waals surface area contributed by atoms with E-state index in [1.807, 2.05) is 26.0 Å². The third-order valence-corrected chi connectivity index (χ3v) is 9.63. The summed E-state index contributed by atoms with van der Waals surface area (Å²) in [5.74, 6) is 0.313. The van der Waals surface area contributed by atoms with E-state index >= 15 is 0 Å². The van der Waals surface area contributed by atoms with Crippen molar-refractivity contribution in [3.05, 3.63) is 48.0 Å². The first-order valence-corrected chi connectivity index (χ1v) is 13.1. The lowest BCUT2D eigenvalue weighted by atomic mass is 10.0. The van der Waals surface area contributed by atoms with Gasteiger partial charge < -0.3 is 0 Å². The zero-order valence-corrected chi connectivity index (χ0v) is 19.0. The van der Waals surface area contributed by atoms with Crippen LogP contribution in [-0.2, 0) is 20.0 Å². The molecule has 3 aromatic rings. The number of benzene rings is 2. The molecule has 0 amide bonds. The third-order valence-electron chi connectivity index (χ3n) is 5.25. The number of piperazine rings is 1. The van der Waals surface area contributed by atoms with Gasteiger partial charge in [0.25, 0.3) is 0 Å². The first kappa shape index (κ1) is 21.3. The number of hydrogen-bond acceptors (Lipinski definition) is 7. The Kier molecular flexibility index (Phi) is 5.66. The van der Waals surface area contributed by atoms with Crippen LogP contribution in [0.5, 0.6) is 0 Å². The Hall–Kier alpha value is -1.92. The quantitative estimate of drug-likeness (QED) is 0.573. The molecule has 1 fully saturated rings. The molecule has 0 spiro atoms. The van der Waals surface area contributed by atoms with Gasteiger partial charge in [-0.05, 0) is 35.7 Å². The molecule has 1 saturated heterocycles. The summed E-state index contributed by atoms with van der Waals surface area (Å²) in [6, 6.07) is 11.7. The summed E-state index contributed by atoms with van der Waals surface area (Å²) in [6.45, 7) is 4.45. The van der Waals surface area contributed by atoms with E-state index in [1.54, 1.807) is 24.3 Å². The van der Waals surface area contributed by atoms with Crippen molar-refractivity contribution in [1.82, 2.24) is 17.4 Å². The van der Waals surface area contributed by atoms with Crippen LogP contribution in [0.2, 0.25) is 0 Å². The predicted octanol–water partition coefficient (Wildman–Crippen LogP) is 2.51. The molecule has 0 saturated carbocycles. The SMILES string of the molecule is CC(C)c1ccc(S(=O)(=O)N2CCN(S(=O)(=O)c3cccc4nsnc34)CC2)cc1. The van der Waals surface area contributed by atoms with Crippen LogP contribution < -0.4 is 0 Å². The second-order valence-electron chi connectivity index (χ2n) is 7.42. The summed E-state index contributed by atoms with van der Waals surface area (Å²) in [6.07, 6.45) is 0. The van der Waals surface area contributed by atoms with Gasteiger partial charge in [0.1, 0.15) is 15.9 Å². The minimum atomic E-state index is -3.79. The van der Waals surface area contributed by atoms with E-state index in [2.05, 4.69) is 8.75 Å². The Morgan fingerprint density at radius 3 is 2.03 bits per heavy atom. The monoisotopic (exact) mass is 466 g/mol. The van der Waals surface area contributed by atoms with Crippen molar-refractivity contribution in [2.45, 2.75) is 29.6 Å². The molecule has 0 atom stereocenters. The van der Waals surface area contributed by atoms with E-state index in [1.165, 1.54) is 14.7 Å². The highest BCUT2D eigenvalue weighted by molar-refractivity contribution is 7.89. The average Bonchev–Trinajstić information content (AvgIpc) is 3.22. The Labute approximate surface area is 180 Å². The molecule has 0 radical (unpaired) electrons. The lowest BCUT2D eigenvalue weighted by Gasteiger charge is -2.33. The number of rotatable bonds is 5. The summed E-state index contributed by atoms with van der Waals surface area (Å²) < 4.78 is 63.1. The lowest BCUT2D eigenvalue weighted by Crippen LogP contribution is -2.50. The smallest absolute Gasteiger partial charge is 0.207 e. The van der Waals surface area contributed by atoms with E-state index in [4.69, 9.17) is 0 Å². The fourth-order valence-electron chi connectivity index (χ4n) is 3.45. The summed E-state index contributed by atoms with van der Waals surface area (Å²) >= 11 is 0.963. The normalized spacial score (nSPS) is 17.0. The Morgan fingerprint density at radius 1 is 0.833 bits per heavy atom. The molecule has 4 rings (SSSR count). The molecule has 11 heteroatoms. The summed E-state index contributed by atoms with van der Waals surface area (Å²) in [5, 5.41) is 0. The highest BCUT2D eigenvalue weighted by Gasteiger charge is 2.34. The molecule has 0 N–H and O–H groups in total. The van der Waals surface area contributed by atoms with Crippen molar-refractivity contribution >= 4 is 42.8 Å². The van der Waals surface area contributed by atoms with Gasteiger partial charge in [-0.25, -0.2) is 16.8 Å². The van der Waals surface area contributed by atoms with Gasteiger partial charge in [0.05, 0.1) is 16.6 Å². The van der Waals surface area contributed by atoms with E-state index in [0.29, 0.717) is 17.0 Å². The maximum absolute atomic E-state index is 13.1. The minimum Gasteiger partial charge on any atom is -0.207 e. The van der Waals surface area contributed by atoms with Crippen LogP contribution in [0, 0.1) is 0 Å². The lowest BCUT2D eigenvalue weighted by molar-refractivity contribution is 0.273. The van der Waals surface area contributed by atoms with Crippen LogP contribution in [0.3, 0.4) is 0 Å². The van der Waals surface area contributed by atoms with Crippen molar-refractivity contribution in [3.8, 4) is 0 Å². The molecule has 8 nitrogen and oxygen atoms in total. The van der Waals surface area contributed by atoms with Crippen molar-refractivity contribution in [2.75, 3.05) is 26.2 Å². The van der Waals surface area contributed by atoms with Crippen molar-refractivity contribution in [3.63, 3.8) is 0 Å². The molecule has 160 valence electrons. The van der Waals surface area contributed by atoms with Gasteiger partial charge in [0, 0.05) is 26.2 Å². The number of nitrogens with zero attached hydrogens (tertiary/aromatic N) is 4. The largest absolute Gasteiger partial charge is 0.245 e. The van der Waals surface area contributed by atoms with Crippen molar-refractivity contribution < 1.29 is 16.8 Å². The topological polar surface area (TPSA) is 101 Å². The number of aromatic nitrogens is 2. The number of sulfonamides is 2. The van der Waals surface area contributed by atoms with Crippen LogP contribution in [0.4, 0.5) is 0 Å². The maximum Gasteiger partial charge on any atom is 0.245 e. The van der Waals surface area contributed by atoms with Gasteiger partial charge in [0.2, 0.25) is 20.0 Å². The molecule has 30 heavy (non-hydrogen) atoms. The molecule has 0 bridgehead atoms. The second kappa shape index (κ2) is 7.97. The van der Waals surface area contributed by atoms with Gasteiger partial charge in [-0.2, -0.15) is 17.4 Å². The van der Waals surface area contributed by atoms with Crippen LogP contribution in [0.1, 0.15) is 25.3 Å². The molecule has 2 aromatic carbocycles. The highest BCUT2D eigenvalue weighted by atomic mass is 32.2. The van der Waals surface area contributed by atoms with E-state index in [-0.39, 0.29) is 36.0 Å². The summed E-state index contributed by atoms with van der Waals surface area (Å²) in [7, 11) is -7.46. The Morgan fingerprint density at radius 2 is 1.43 bits per heavy atom. The Balaban J connectivity index is 1.52. The number of fused-ring (bicyclic) bond motifs is 1. The second-order valence-corrected chi connectivity index (χ2v) is 11.8. The number of hydrogen-bond donors (Lipinski definition) is 0. The Bertz CT molecular complexity index is 1260. The first-order valence-electron chi connectivity index (χ1n) is 9.53. The fourth-order valence-corrected chi connectivity index (χ4v) is 7.05. The van der Waals surface area contributed by atoms with Gasteiger partial charge >= 0.3 is 0 Å². The third kappa shape index (κ3) is 3.76. The van der Waals surface area contributed by atoms with Crippen molar-refractivity contribution in [2.24, 2.45) is 0 Å². The molecular formula is C19H22N4O4S3. The first-order chi connectivity index (χ1) is 14.2. The minimum absolute atomic E-state index is 0.0829. The zero-order valence-electron chi connectivity index (χ0n) is 16.6. The molecule has 1 aliphatic rings. The van der Waals surface area contributed by atoms with Crippen molar-refractivity contribution in [1.29, 1.82) is 0 Å². The molecule has 1 aliphatic heterocycles. The summed E-state index contributed by atoms with van der Waals surface area (Å²) in [5.41, 5.74) is 1.95. The van der Waals surface area contributed by atoms with Crippen LogP contribution in [0.15, 0.2) is 52.3 Å². The van der Waals surface area contributed by atoms with E-state index in [9.17, 15) is 16.8 Å². The van der Waals surface area contributed by atoms with Gasteiger partial charge in [0.15, 0.2) is 0 Å². The van der Waals surface area contributed by atoms with Gasteiger partial charge in [-0.3, -0.25) is 0 Å². The molecule has 2 heterocycles. The zero-order chi connectivity index (χ0) is 21.5. The summed E-state index contributed by atoms with van der Waals surface area (Å²) in [4.78, 5) is 0.329. The standard InChI is InChI=1S/C19H22N4O4S3/c1-14(2)15-6-8-16(9-7-15)29(24,25)22-10-12-23(13-11-22)30(26,27)18-5-3-4-17-19(18)21-28-20-17/h3-9,14H,10-13H2,1-2H3. The van der Waals surface area contributed by atoms with Crippen LogP contribution >= 0.6 is 11.7 Å². The van der Waals surface area contributed by atoms with Gasteiger partial charge in [-0.1, -0.05) is 32.0 Å². The molecule has 0 aliphatic carbocycles. The molecular weight excluding hydrogens is 444 g/mol. The van der Waals surface area contributed by atoms with Crippen LogP contribution in [-0.4, -0.2) is 60.4 Å². The molecule has 1 aromatic heterocycles. The highest BCUT2D eigenvalue weighted by Crippen LogP contribution is 2.27. The maximum atomic E-state index is 13.1. The molecule has 0 unspecified atom stereocenters. The predicted molar refractivity (Wildman–Crippen MR) is 115 cm³/mol. The fraction of sp³-hybridized carbons (Fsp3) is 0.368. The van der Waals surface area contributed by atoms with E-state index < -0.39 is 20.0 Å². The van der Waals surface area contributed by atoms with E-state index in [0.717, 1.165) is 17.3 Å². The van der Waals surface area contributed by atoms with Gasteiger partial charge in [-0.15, -0.1) is 0 Å².